The first-order chi connectivity index (χ1) is 19.6. The number of nitrogens with zero attached hydrogens (tertiary/aromatic N) is 3. The topological polar surface area (TPSA) is 112 Å². The molecule has 1 aliphatic rings. The van der Waals surface area contributed by atoms with E-state index >= 15 is 0 Å². The number of rotatable bonds is 11. The monoisotopic (exact) mass is 623 g/mol. The molecule has 0 aliphatic carbocycles. The van der Waals surface area contributed by atoms with Gasteiger partial charge in [-0.2, -0.15) is 32.9 Å². The number of aromatic nitrogens is 2. The van der Waals surface area contributed by atoms with Gasteiger partial charge in [-0.25, -0.2) is 4.79 Å². The predicted octanol–water partition coefficient (Wildman–Crippen LogP) is 5.20. The molecule has 3 rings (SSSR count). The van der Waals surface area contributed by atoms with Crippen LogP contribution in [-0.4, -0.2) is 65.0 Å². The number of ether oxygens (including phenoxy) is 1. The molecule has 1 saturated heterocycles. The van der Waals surface area contributed by atoms with Crippen LogP contribution in [0.3, 0.4) is 0 Å². The number of nitrogens with two attached hydrogens (primary N) is 1. The number of hydrogen-bond acceptors (Lipinski definition) is 7. The van der Waals surface area contributed by atoms with Crippen molar-refractivity contribution in [1.82, 2.24) is 20.0 Å². The van der Waals surface area contributed by atoms with Crippen molar-refractivity contribution < 1.29 is 41.1 Å². The Morgan fingerprint density at radius 2 is 1.93 bits per heavy atom. The fourth-order valence-electron chi connectivity index (χ4n) is 4.97. The Morgan fingerprint density at radius 1 is 1.24 bits per heavy atom. The molecule has 0 saturated carbocycles. The van der Waals surface area contributed by atoms with E-state index in [2.05, 4.69) is 20.0 Å². The Bertz CT molecular complexity index is 1270. The van der Waals surface area contributed by atoms with Gasteiger partial charge in [-0.3, -0.25) is 14.4 Å². The highest BCUT2D eigenvalue weighted by molar-refractivity contribution is 6.36. The van der Waals surface area contributed by atoms with Crippen LogP contribution in [-0.2, 0) is 22.6 Å². The molecular formula is C27H35ClF5N5O4. The van der Waals surface area contributed by atoms with Crippen LogP contribution in [0, 0.1) is 11.3 Å². The van der Waals surface area contributed by atoms with Gasteiger partial charge in [-0.1, -0.05) is 38.4 Å². The maximum Gasteiger partial charge on any atom is 0.394 e. The lowest BCUT2D eigenvalue weighted by molar-refractivity contribution is -0.211. The highest BCUT2D eigenvalue weighted by atomic mass is 35.5. The minimum atomic E-state index is -4.53. The third-order valence-corrected chi connectivity index (χ3v) is 7.72. The highest BCUT2D eigenvalue weighted by Crippen LogP contribution is 2.43. The van der Waals surface area contributed by atoms with Gasteiger partial charge in [0.1, 0.15) is 5.75 Å². The molecule has 1 aliphatic heterocycles. The van der Waals surface area contributed by atoms with Crippen molar-refractivity contribution in [2.45, 2.75) is 72.3 Å². The van der Waals surface area contributed by atoms with Crippen molar-refractivity contribution in [2.75, 3.05) is 19.6 Å². The second kappa shape index (κ2) is 13.6. The minimum Gasteiger partial charge on any atom is -0.434 e. The zero-order chi connectivity index (χ0) is 31.4. The van der Waals surface area contributed by atoms with Gasteiger partial charge in [0, 0.05) is 31.2 Å². The van der Waals surface area contributed by atoms with Crippen LogP contribution in [0.2, 0.25) is 5.02 Å². The van der Waals surface area contributed by atoms with Crippen molar-refractivity contribution in [2.24, 2.45) is 17.2 Å². The number of piperidine rings is 1. The van der Waals surface area contributed by atoms with Gasteiger partial charge in [-0.15, -0.1) is 0 Å². The van der Waals surface area contributed by atoms with E-state index in [9.17, 15) is 31.5 Å². The zero-order valence-corrected chi connectivity index (χ0v) is 24.5. The smallest absolute Gasteiger partial charge is 0.394 e. The second-order valence-electron chi connectivity index (χ2n) is 11.1. The summed E-state index contributed by atoms with van der Waals surface area (Å²) >= 11 is 6.59. The van der Waals surface area contributed by atoms with Gasteiger partial charge in [0.2, 0.25) is 0 Å². The summed E-state index contributed by atoms with van der Waals surface area (Å²) in [6.45, 7) is 3.41. The highest BCUT2D eigenvalue weighted by Gasteiger charge is 2.47. The number of benzene rings is 1. The summed E-state index contributed by atoms with van der Waals surface area (Å²) in [5.41, 5.74) is -2.04. The lowest BCUT2D eigenvalue weighted by Crippen LogP contribution is -2.50. The molecule has 1 amide bonds. The summed E-state index contributed by atoms with van der Waals surface area (Å²) in [5.74, 6) is 3.68. The largest absolute Gasteiger partial charge is 0.434 e. The van der Waals surface area contributed by atoms with E-state index in [0.717, 1.165) is 26.3 Å². The van der Waals surface area contributed by atoms with Crippen LogP contribution in [0.25, 0.3) is 11.3 Å². The molecule has 42 heavy (non-hydrogen) atoms. The number of halogens is 6. The second-order valence-corrected chi connectivity index (χ2v) is 11.4. The summed E-state index contributed by atoms with van der Waals surface area (Å²) < 4.78 is 73.1. The number of nitrogens with one attached hydrogen (secondary N) is 1. The normalized spacial score (nSPS) is 18.3. The van der Waals surface area contributed by atoms with Crippen molar-refractivity contribution in [1.29, 1.82) is 0 Å². The molecule has 15 heteroatoms. The number of hydrogen-bond donors (Lipinski definition) is 2. The molecule has 0 radical (unpaired) electrons. The van der Waals surface area contributed by atoms with Crippen molar-refractivity contribution in [3.63, 3.8) is 0 Å². The van der Waals surface area contributed by atoms with Gasteiger partial charge in [0.05, 0.1) is 22.7 Å². The average molecular weight is 624 g/mol. The summed E-state index contributed by atoms with van der Waals surface area (Å²) in [5, 5.41) is 6.91. The Morgan fingerprint density at radius 3 is 2.52 bits per heavy atom. The van der Waals surface area contributed by atoms with Crippen molar-refractivity contribution in [3.8, 4) is 17.0 Å². The van der Waals surface area contributed by atoms with Gasteiger partial charge in [0.15, 0.2) is 5.69 Å². The summed E-state index contributed by atoms with van der Waals surface area (Å²) in [4.78, 5) is 31.1. The number of carbonyl (C=O) groups is 2. The van der Waals surface area contributed by atoms with Gasteiger partial charge < -0.3 is 14.9 Å². The Kier molecular flexibility index (Phi) is 10.8. The number of carbonyl (C=O) groups excluding carboxylic acids is 2. The first-order valence-corrected chi connectivity index (χ1v) is 13.8. The molecule has 234 valence electrons. The number of amides is 1. The number of aryl methyl sites for hydroxylation is 1. The molecule has 1 aromatic heterocycles. The summed E-state index contributed by atoms with van der Waals surface area (Å²) in [6, 6.07) is 3.63. The first-order valence-electron chi connectivity index (χ1n) is 13.4. The molecule has 0 bridgehead atoms. The molecule has 2 aromatic rings. The fourth-order valence-corrected chi connectivity index (χ4v) is 5.29. The molecule has 9 nitrogen and oxygen atoms in total. The quantitative estimate of drug-likeness (QED) is 0.261. The molecule has 2 atom stereocenters. The van der Waals surface area contributed by atoms with E-state index < -0.39 is 42.2 Å². The molecule has 3 N–H and O–H groups in total. The molecule has 0 unspecified atom stereocenters. The van der Waals surface area contributed by atoms with Crippen molar-refractivity contribution >= 4 is 23.5 Å². The maximum absolute atomic E-state index is 13.4. The molecule has 1 aromatic carbocycles. The van der Waals surface area contributed by atoms with Crippen molar-refractivity contribution in [3.05, 3.63) is 34.5 Å². The Balaban J connectivity index is 1.90. The van der Waals surface area contributed by atoms with E-state index in [1.807, 2.05) is 11.8 Å². The summed E-state index contributed by atoms with van der Waals surface area (Å²) in [6.07, 6.45) is -3.42. The molecule has 0 spiro atoms. The predicted molar refractivity (Wildman–Crippen MR) is 145 cm³/mol. The van der Waals surface area contributed by atoms with E-state index in [0.29, 0.717) is 18.9 Å². The fraction of sp³-hybridized carbons (Fsp3) is 0.593. The van der Waals surface area contributed by atoms with Crippen LogP contribution >= 0.6 is 11.6 Å². The lowest BCUT2D eigenvalue weighted by atomic mass is 9.84. The lowest BCUT2D eigenvalue weighted by Gasteiger charge is -2.37. The third-order valence-electron chi connectivity index (χ3n) is 7.36. The van der Waals surface area contributed by atoms with Gasteiger partial charge in [-0.05, 0) is 49.8 Å². The zero-order valence-electron chi connectivity index (χ0n) is 23.7. The van der Waals surface area contributed by atoms with E-state index in [1.165, 1.54) is 16.8 Å². The van der Waals surface area contributed by atoms with E-state index in [4.69, 9.17) is 17.5 Å². The molecule has 2 heterocycles. The third kappa shape index (κ3) is 7.90. The molecular weight excluding hydrogens is 589 g/mol. The Hall–Kier alpha value is -2.97. The van der Waals surface area contributed by atoms with Gasteiger partial charge in [0.25, 0.3) is 5.91 Å². The average Bonchev–Trinajstić information content (AvgIpc) is 3.23. The van der Waals surface area contributed by atoms with E-state index in [-0.39, 0.29) is 53.2 Å². The molecule has 1 fully saturated rings. The Labute approximate surface area is 245 Å². The van der Waals surface area contributed by atoms with Crippen LogP contribution in [0.15, 0.2) is 18.2 Å². The van der Waals surface area contributed by atoms with Crippen LogP contribution in [0.4, 0.5) is 22.0 Å². The number of alkyl halides is 5. The summed E-state index contributed by atoms with van der Waals surface area (Å²) in [7, 11) is 0. The SMILES string of the molecule is CCn1nc(C(=O)NC[C@@H]2CC[C@@H](C)CN2CC(=O)ON)c(Cl)c1-c1ccc(CC(C)(C)C(F)(F)F)cc1OC(F)F. The first kappa shape index (κ1) is 33.5. The maximum atomic E-state index is 13.4. The van der Waals surface area contributed by atoms with Crippen LogP contribution in [0.5, 0.6) is 5.75 Å². The van der Waals surface area contributed by atoms with Gasteiger partial charge >= 0.3 is 18.8 Å². The standard InChI is InChI=1S/C27H35ClF5N5O4/c1-5-38-23(18-9-7-16(10-19(18)41-25(29)30)11-26(3,4)27(31,32)33)21(28)22(36-38)24(40)35-12-17-8-6-15(2)13-37(17)14-20(39)42-34/h7,9-10,15,17,25H,5-6,8,11-14,34H2,1-4H3,(H,35,40)/t15-,17+/m1/s1. The minimum absolute atomic E-state index is 0.0370. The van der Waals surface area contributed by atoms with E-state index in [1.54, 1.807) is 6.92 Å². The van der Waals surface area contributed by atoms with Crippen LogP contribution in [0.1, 0.15) is 56.6 Å². The van der Waals surface area contributed by atoms with Crippen LogP contribution < -0.4 is 16.0 Å². The number of likely N-dealkylation sites (tertiary alicyclic amines) is 1.